The van der Waals surface area contributed by atoms with Gasteiger partial charge in [-0.25, -0.2) is 9.98 Å². The van der Waals surface area contributed by atoms with Crippen LogP contribution in [0.2, 0.25) is 0 Å². The Morgan fingerprint density at radius 1 is 0.411 bits per heavy atom. The molecule has 5 nitrogen and oxygen atoms in total. The lowest BCUT2D eigenvalue weighted by Gasteiger charge is -2.25. The molecule has 5 heteroatoms. The third-order valence-corrected chi connectivity index (χ3v) is 11.3. The Hall–Kier alpha value is -7.50. The standard InChI is InChI=1S/C51H31N3O2/c1-3-14-35-30(11-1)13-9-18-37(35)34-28-42(48-40-17-6-8-21-44(40)56-46(48)29-34)51-53-49(33-25-26-38-32(27-33)24-23-31-12-2-4-15-36(31)38)52-50(54-51)41-19-10-22-45-47(41)39-16-5-7-20-43(39)55-45/h1-29,50H,(H,52,53,54). The van der Waals surface area contributed by atoms with Gasteiger partial charge in [0, 0.05) is 38.2 Å². The van der Waals surface area contributed by atoms with Crippen LogP contribution in [-0.2, 0) is 0 Å². The number of furan rings is 2. The zero-order chi connectivity index (χ0) is 36.7. The van der Waals surface area contributed by atoms with Crippen LogP contribution >= 0.6 is 0 Å². The minimum Gasteiger partial charge on any atom is -0.456 e. The highest BCUT2D eigenvalue weighted by molar-refractivity contribution is 6.23. The molecule has 1 aliphatic heterocycles. The lowest BCUT2D eigenvalue weighted by atomic mass is 9.94. The lowest BCUT2D eigenvalue weighted by molar-refractivity contribution is 0.662. The zero-order valence-corrected chi connectivity index (χ0v) is 30.0. The summed E-state index contributed by atoms with van der Waals surface area (Å²) in [6.45, 7) is 0. The van der Waals surface area contributed by atoms with Crippen molar-refractivity contribution in [2.24, 2.45) is 9.98 Å². The summed E-state index contributed by atoms with van der Waals surface area (Å²) in [5.74, 6) is 1.38. The first-order valence-corrected chi connectivity index (χ1v) is 18.9. The van der Waals surface area contributed by atoms with Crippen molar-refractivity contribution in [2.45, 2.75) is 6.17 Å². The van der Waals surface area contributed by atoms with Crippen LogP contribution in [0.3, 0.4) is 0 Å². The monoisotopic (exact) mass is 717 g/mol. The molecule has 1 atom stereocenters. The molecule has 9 aromatic carbocycles. The summed E-state index contributed by atoms with van der Waals surface area (Å²) >= 11 is 0. The van der Waals surface area contributed by atoms with Crippen molar-refractivity contribution in [2.75, 3.05) is 0 Å². The molecule has 1 aliphatic rings. The molecule has 262 valence electrons. The first kappa shape index (κ1) is 30.9. The maximum atomic E-state index is 6.63. The van der Waals surface area contributed by atoms with Crippen LogP contribution in [0, 0.1) is 0 Å². The number of benzene rings is 9. The van der Waals surface area contributed by atoms with E-state index in [1.807, 2.05) is 36.4 Å². The number of fused-ring (bicyclic) bond motifs is 10. The predicted molar refractivity (Wildman–Crippen MR) is 231 cm³/mol. The van der Waals surface area contributed by atoms with E-state index < -0.39 is 6.17 Å². The van der Waals surface area contributed by atoms with Crippen molar-refractivity contribution in [3.63, 3.8) is 0 Å². The Morgan fingerprint density at radius 2 is 1.04 bits per heavy atom. The predicted octanol–water partition coefficient (Wildman–Crippen LogP) is 13.1. The first-order chi connectivity index (χ1) is 27.7. The largest absolute Gasteiger partial charge is 0.456 e. The van der Waals surface area contributed by atoms with E-state index in [0.29, 0.717) is 5.84 Å². The number of para-hydroxylation sites is 2. The second kappa shape index (κ2) is 12.0. The number of amidine groups is 2. The van der Waals surface area contributed by atoms with Gasteiger partial charge in [0.25, 0.3) is 0 Å². The molecule has 3 heterocycles. The molecular weight excluding hydrogens is 687 g/mol. The number of rotatable bonds is 4. The maximum Gasteiger partial charge on any atom is 0.160 e. The molecule has 12 rings (SSSR count). The van der Waals surface area contributed by atoms with Gasteiger partial charge >= 0.3 is 0 Å². The Labute approximate surface area is 320 Å². The van der Waals surface area contributed by atoms with E-state index in [1.165, 1.54) is 26.9 Å². The number of nitrogens with zero attached hydrogens (tertiary/aromatic N) is 2. The summed E-state index contributed by atoms with van der Waals surface area (Å²) < 4.78 is 13.0. The topological polar surface area (TPSA) is 63.0 Å². The Morgan fingerprint density at radius 3 is 1.88 bits per heavy atom. The average molecular weight is 718 g/mol. The van der Waals surface area contributed by atoms with Crippen LogP contribution in [-0.4, -0.2) is 11.7 Å². The highest BCUT2D eigenvalue weighted by Gasteiger charge is 2.27. The van der Waals surface area contributed by atoms with Gasteiger partial charge in [-0.05, 0) is 79.8 Å². The molecule has 1 N–H and O–H groups in total. The van der Waals surface area contributed by atoms with Crippen molar-refractivity contribution in [1.82, 2.24) is 5.32 Å². The maximum absolute atomic E-state index is 6.63. The van der Waals surface area contributed by atoms with Gasteiger partial charge in [-0.3, -0.25) is 0 Å². The van der Waals surface area contributed by atoms with Crippen LogP contribution in [0.4, 0.5) is 0 Å². The molecule has 0 aliphatic carbocycles. The smallest absolute Gasteiger partial charge is 0.160 e. The SMILES string of the molecule is c1ccc2c(-c3cc(C4=NC(c5cccc6oc7ccccc7c56)NC(c5ccc6c(ccc7ccccc76)c5)=N4)c4c(c3)oc3ccccc34)cccc2c1. The van der Waals surface area contributed by atoms with Gasteiger partial charge in [0.1, 0.15) is 34.3 Å². The van der Waals surface area contributed by atoms with Gasteiger partial charge in [-0.15, -0.1) is 0 Å². The van der Waals surface area contributed by atoms with Gasteiger partial charge in [0.15, 0.2) is 5.84 Å². The van der Waals surface area contributed by atoms with E-state index in [1.54, 1.807) is 0 Å². The van der Waals surface area contributed by atoms with Gasteiger partial charge < -0.3 is 14.2 Å². The molecule has 0 fully saturated rings. The van der Waals surface area contributed by atoms with Crippen LogP contribution in [0.5, 0.6) is 0 Å². The third-order valence-electron chi connectivity index (χ3n) is 11.3. The van der Waals surface area contributed by atoms with Crippen molar-refractivity contribution in [3.05, 3.63) is 193 Å². The van der Waals surface area contributed by atoms with Crippen LogP contribution in [0.15, 0.2) is 195 Å². The van der Waals surface area contributed by atoms with Crippen molar-refractivity contribution in [3.8, 4) is 11.1 Å². The molecule has 2 aromatic heterocycles. The molecule has 0 bridgehead atoms. The summed E-state index contributed by atoms with van der Waals surface area (Å²) in [7, 11) is 0. The molecular formula is C51H31N3O2. The van der Waals surface area contributed by atoms with Gasteiger partial charge in [0.05, 0.1) is 0 Å². The first-order valence-electron chi connectivity index (χ1n) is 18.9. The van der Waals surface area contributed by atoms with Gasteiger partial charge in [-0.2, -0.15) is 0 Å². The molecule has 1 unspecified atom stereocenters. The highest BCUT2D eigenvalue weighted by atomic mass is 16.3. The van der Waals surface area contributed by atoms with Crippen LogP contribution < -0.4 is 5.32 Å². The number of hydrogen-bond donors (Lipinski definition) is 1. The highest BCUT2D eigenvalue weighted by Crippen LogP contribution is 2.40. The van der Waals surface area contributed by atoms with Crippen molar-refractivity contribution in [1.29, 1.82) is 0 Å². The Kier molecular flexibility index (Phi) is 6.63. The second-order valence-corrected chi connectivity index (χ2v) is 14.5. The van der Waals surface area contributed by atoms with E-state index in [4.69, 9.17) is 18.8 Å². The average Bonchev–Trinajstić information content (AvgIpc) is 3.84. The number of nitrogens with one attached hydrogen (secondary N) is 1. The fourth-order valence-electron chi connectivity index (χ4n) is 8.73. The van der Waals surface area contributed by atoms with E-state index in [-0.39, 0.29) is 0 Å². The fraction of sp³-hybridized carbons (Fsp3) is 0.0196. The van der Waals surface area contributed by atoms with Crippen molar-refractivity contribution >= 4 is 87.9 Å². The number of aliphatic imine (C=N–C) groups is 2. The molecule has 11 aromatic rings. The van der Waals surface area contributed by atoms with Crippen molar-refractivity contribution < 1.29 is 8.83 Å². The molecule has 0 radical (unpaired) electrons. The summed E-state index contributed by atoms with van der Waals surface area (Å²) in [5, 5.41) is 15.1. The van der Waals surface area contributed by atoms with Crippen LogP contribution in [0.25, 0.3) is 87.3 Å². The second-order valence-electron chi connectivity index (χ2n) is 14.5. The summed E-state index contributed by atoms with van der Waals surface area (Å²) in [6, 6.07) is 61.6. The third kappa shape index (κ3) is 4.74. The zero-order valence-electron chi connectivity index (χ0n) is 30.0. The summed E-state index contributed by atoms with van der Waals surface area (Å²) in [6.07, 6.45) is -0.469. The Bertz CT molecular complexity index is 3470. The van der Waals surface area contributed by atoms with Crippen LogP contribution in [0.1, 0.15) is 22.9 Å². The molecule has 0 saturated heterocycles. The summed E-state index contributed by atoms with van der Waals surface area (Å²) in [4.78, 5) is 10.9. The normalized spacial score (nSPS) is 14.6. The molecule has 0 spiro atoms. The molecule has 56 heavy (non-hydrogen) atoms. The summed E-state index contributed by atoms with van der Waals surface area (Å²) in [5.41, 5.74) is 8.36. The minimum absolute atomic E-state index is 0.469. The minimum atomic E-state index is -0.469. The lowest BCUT2D eigenvalue weighted by Crippen LogP contribution is -2.33. The van der Waals surface area contributed by atoms with E-state index in [9.17, 15) is 0 Å². The molecule has 0 amide bonds. The molecule has 0 saturated carbocycles. The van der Waals surface area contributed by atoms with Gasteiger partial charge in [0.2, 0.25) is 0 Å². The Balaban J connectivity index is 1.13. The fourth-order valence-corrected chi connectivity index (χ4v) is 8.73. The quantitative estimate of drug-likeness (QED) is 0.184. The van der Waals surface area contributed by atoms with E-state index in [0.717, 1.165) is 82.9 Å². The number of hydrogen-bond acceptors (Lipinski definition) is 5. The van der Waals surface area contributed by atoms with E-state index in [2.05, 4.69) is 145 Å². The van der Waals surface area contributed by atoms with E-state index >= 15 is 0 Å². The van der Waals surface area contributed by atoms with Gasteiger partial charge in [-0.1, -0.05) is 140 Å².